The fraction of sp³-hybridized carbons (Fsp3) is 0.0769. The highest BCUT2D eigenvalue weighted by molar-refractivity contribution is 9.10. The van der Waals surface area contributed by atoms with E-state index in [0.717, 1.165) is 0 Å². The molecule has 0 bridgehead atoms. The van der Waals surface area contributed by atoms with E-state index < -0.39 is 0 Å². The molecule has 0 N–H and O–H groups in total. The molecule has 6 heteroatoms. The summed E-state index contributed by atoms with van der Waals surface area (Å²) in [5, 5.41) is 0.555. The highest BCUT2D eigenvalue weighted by atomic mass is 79.9. The highest BCUT2D eigenvalue weighted by Crippen LogP contribution is 2.24. The van der Waals surface area contributed by atoms with Gasteiger partial charge in [0.2, 0.25) is 5.89 Å². The topological polar surface area (TPSA) is 48.2 Å². The molecule has 0 aliphatic rings. The Hall–Kier alpha value is -1.59. The number of para-hydroxylation sites is 1. The Morgan fingerprint density at radius 3 is 2.84 bits per heavy atom. The molecule has 3 rings (SSSR count). The lowest BCUT2D eigenvalue weighted by atomic mass is 10.3. The lowest BCUT2D eigenvalue weighted by molar-refractivity contribution is 0.267. The SMILES string of the molecule is Clc1ccccc1OCc1nc2nc(Br)ccc2o1. The standard InChI is InChI=1S/C13H8BrClN2O2/c14-11-6-5-10-13(16-11)17-12(19-10)7-18-9-4-2-1-3-8(9)15/h1-6H,7H2. The molecule has 0 saturated heterocycles. The van der Waals surface area contributed by atoms with E-state index in [-0.39, 0.29) is 6.61 Å². The van der Waals surface area contributed by atoms with Crippen LogP contribution in [0.25, 0.3) is 11.2 Å². The van der Waals surface area contributed by atoms with E-state index in [1.807, 2.05) is 12.1 Å². The van der Waals surface area contributed by atoms with E-state index in [1.165, 1.54) is 0 Å². The Kier molecular flexibility index (Phi) is 3.40. The van der Waals surface area contributed by atoms with Crippen LogP contribution in [0.2, 0.25) is 5.02 Å². The van der Waals surface area contributed by atoms with Crippen LogP contribution >= 0.6 is 27.5 Å². The molecular weight excluding hydrogens is 332 g/mol. The normalized spacial score (nSPS) is 10.8. The van der Waals surface area contributed by atoms with E-state index >= 15 is 0 Å². The number of rotatable bonds is 3. The van der Waals surface area contributed by atoms with Gasteiger partial charge in [-0.1, -0.05) is 23.7 Å². The number of benzene rings is 1. The number of fused-ring (bicyclic) bond motifs is 1. The van der Waals surface area contributed by atoms with Gasteiger partial charge in [-0.3, -0.25) is 0 Å². The minimum Gasteiger partial charge on any atom is -0.482 e. The molecule has 1 aromatic carbocycles. The number of ether oxygens (including phenoxy) is 1. The molecule has 0 amide bonds. The Bertz CT molecular complexity index is 729. The van der Waals surface area contributed by atoms with Crippen molar-refractivity contribution in [2.24, 2.45) is 0 Å². The van der Waals surface area contributed by atoms with Crippen molar-refractivity contribution in [2.45, 2.75) is 6.61 Å². The summed E-state index contributed by atoms with van der Waals surface area (Å²) < 4.78 is 11.8. The van der Waals surface area contributed by atoms with Gasteiger partial charge < -0.3 is 9.15 Å². The summed E-state index contributed by atoms with van der Waals surface area (Å²) in [6.45, 7) is 0.206. The zero-order valence-corrected chi connectivity index (χ0v) is 12.0. The zero-order valence-electron chi connectivity index (χ0n) is 9.64. The summed E-state index contributed by atoms with van der Waals surface area (Å²) in [6.07, 6.45) is 0. The van der Waals surface area contributed by atoms with Gasteiger partial charge in [0.15, 0.2) is 17.8 Å². The molecule has 4 nitrogen and oxygen atoms in total. The molecule has 0 saturated carbocycles. The lowest BCUT2D eigenvalue weighted by Crippen LogP contribution is -1.95. The summed E-state index contributed by atoms with van der Waals surface area (Å²) in [4.78, 5) is 8.44. The van der Waals surface area contributed by atoms with Crippen LogP contribution in [0.15, 0.2) is 45.4 Å². The number of hydrogen-bond acceptors (Lipinski definition) is 4. The van der Waals surface area contributed by atoms with Gasteiger partial charge in [0, 0.05) is 0 Å². The van der Waals surface area contributed by atoms with Crippen molar-refractivity contribution >= 4 is 38.8 Å². The molecule has 0 aliphatic heterocycles. The van der Waals surface area contributed by atoms with Crippen LogP contribution in [-0.4, -0.2) is 9.97 Å². The van der Waals surface area contributed by atoms with Crippen molar-refractivity contribution in [3.05, 3.63) is 51.9 Å². The summed E-state index contributed by atoms with van der Waals surface area (Å²) in [5.74, 6) is 1.06. The maximum absolute atomic E-state index is 6.00. The number of oxazole rings is 1. The average molecular weight is 340 g/mol. The Morgan fingerprint density at radius 2 is 2.00 bits per heavy atom. The summed E-state index contributed by atoms with van der Waals surface area (Å²) in [5.41, 5.74) is 1.17. The third-order valence-corrected chi connectivity index (χ3v) is 3.21. The van der Waals surface area contributed by atoms with Crippen LogP contribution in [0.1, 0.15) is 5.89 Å². The molecule has 3 aromatic rings. The summed E-state index contributed by atoms with van der Waals surface area (Å²) in [6, 6.07) is 10.9. The first-order valence-electron chi connectivity index (χ1n) is 5.52. The first-order chi connectivity index (χ1) is 9.22. The number of halogens is 2. The Labute approximate surface area is 122 Å². The first-order valence-corrected chi connectivity index (χ1v) is 6.69. The maximum Gasteiger partial charge on any atom is 0.235 e. The van der Waals surface area contributed by atoms with Gasteiger partial charge in [0.05, 0.1) is 5.02 Å². The summed E-state index contributed by atoms with van der Waals surface area (Å²) >= 11 is 9.28. The number of pyridine rings is 1. The Morgan fingerprint density at radius 1 is 1.16 bits per heavy atom. The second kappa shape index (κ2) is 5.19. The molecule has 0 radical (unpaired) electrons. The third-order valence-electron chi connectivity index (χ3n) is 2.45. The van der Waals surface area contributed by atoms with Crippen molar-refractivity contribution in [3.63, 3.8) is 0 Å². The number of hydrogen-bond donors (Lipinski definition) is 0. The van der Waals surface area contributed by atoms with E-state index in [1.54, 1.807) is 24.3 Å². The van der Waals surface area contributed by atoms with Crippen LogP contribution in [0.4, 0.5) is 0 Å². The molecule has 2 heterocycles. The predicted molar refractivity (Wildman–Crippen MR) is 75.3 cm³/mol. The average Bonchev–Trinajstić information content (AvgIpc) is 2.79. The molecule has 0 fully saturated rings. The second-order valence-electron chi connectivity index (χ2n) is 3.78. The van der Waals surface area contributed by atoms with Gasteiger partial charge in [-0.25, -0.2) is 4.98 Å². The quantitative estimate of drug-likeness (QED) is 0.670. The predicted octanol–water partition coefficient (Wildman–Crippen LogP) is 4.22. The van der Waals surface area contributed by atoms with Crippen molar-refractivity contribution < 1.29 is 9.15 Å². The molecule has 96 valence electrons. The monoisotopic (exact) mass is 338 g/mol. The van der Waals surface area contributed by atoms with E-state index in [9.17, 15) is 0 Å². The molecule has 0 spiro atoms. The van der Waals surface area contributed by atoms with Gasteiger partial charge in [0.1, 0.15) is 10.4 Å². The van der Waals surface area contributed by atoms with Crippen molar-refractivity contribution in [1.29, 1.82) is 0 Å². The van der Waals surface area contributed by atoms with Gasteiger partial charge in [-0.2, -0.15) is 4.98 Å². The first kappa shape index (κ1) is 12.4. The maximum atomic E-state index is 6.00. The van der Waals surface area contributed by atoms with Gasteiger partial charge in [0.25, 0.3) is 0 Å². The zero-order chi connectivity index (χ0) is 13.2. The molecule has 0 unspecified atom stereocenters. The van der Waals surface area contributed by atoms with Crippen LogP contribution in [-0.2, 0) is 6.61 Å². The van der Waals surface area contributed by atoms with Gasteiger partial charge >= 0.3 is 0 Å². The van der Waals surface area contributed by atoms with Crippen molar-refractivity contribution in [1.82, 2.24) is 9.97 Å². The van der Waals surface area contributed by atoms with Crippen LogP contribution in [0.5, 0.6) is 5.75 Å². The minimum absolute atomic E-state index is 0.206. The van der Waals surface area contributed by atoms with Crippen molar-refractivity contribution in [2.75, 3.05) is 0 Å². The van der Waals surface area contributed by atoms with E-state index in [0.29, 0.717) is 32.5 Å². The van der Waals surface area contributed by atoms with Crippen LogP contribution in [0.3, 0.4) is 0 Å². The molecule has 19 heavy (non-hydrogen) atoms. The van der Waals surface area contributed by atoms with Crippen molar-refractivity contribution in [3.8, 4) is 5.75 Å². The highest BCUT2D eigenvalue weighted by Gasteiger charge is 2.09. The number of nitrogens with zero attached hydrogens (tertiary/aromatic N) is 2. The number of aromatic nitrogens is 2. The third kappa shape index (κ3) is 2.72. The molecule has 0 aliphatic carbocycles. The summed E-state index contributed by atoms with van der Waals surface area (Å²) in [7, 11) is 0. The van der Waals surface area contributed by atoms with Crippen LogP contribution < -0.4 is 4.74 Å². The fourth-order valence-corrected chi connectivity index (χ4v) is 2.09. The minimum atomic E-state index is 0.206. The largest absolute Gasteiger partial charge is 0.482 e. The Balaban J connectivity index is 1.80. The molecule has 0 atom stereocenters. The van der Waals surface area contributed by atoms with E-state index in [2.05, 4.69) is 25.9 Å². The second-order valence-corrected chi connectivity index (χ2v) is 5.00. The smallest absolute Gasteiger partial charge is 0.235 e. The van der Waals surface area contributed by atoms with Gasteiger partial charge in [-0.05, 0) is 40.2 Å². The van der Waals surface area contributed by atoms with Crippen LogP contribution in [0, 0.1) is 0 Å². The fourth-order valence-electron chi connectivity index (χ4n) is 1.60. The van der Waals surface area contributed by atoms with Gasteiger partial charge in [-0.15, -0.1) is 0 Å². The van der Waals surface area contributed by atoms with E-state index in [4.69, 9.17) is 20.8 Å². The lowest BCUT2D eigenvalue weighted by Gasteiger charge is -2.04. The molecule has 2 aromatic heterocycles. The molecular formula is C13H8BrClN2O2.